The average molecular weight is 343 g/mol. The third kappa shape index (κ3) is 2.51. The zero-order valence-corrected chi connectivity index (χ0v) is 12.8. The first kappa shape index (κ1) is 15.3. The van der Waals surface area contributed by atoms with Crippen molar-refractivity contribution in [1.82, 2.24) is 19.2 Å². The zero-order valence-electron chi connectivity index (χ0n) is 12.8. The number of benzene rings is 1. The molecule has 0 atom stereocenters. The van der Waals surface area contributed by atoms with Gasteiger partial charge in [-0.05, 0) is 30.3 Å². The molecule has 0 fully saturated rings. The van der Waals surface area contributed by atoms with Gasteiger partial charge in [0.05, 0.1) is 23.1 Å². The normalized spacial score (nSPS) is 12.0. The molecule has 3 aromatic heterocycles. The Hall–Kier alpha value is -3.29. The molecule has 0 bridgehead atoms. The fourth-order valence-corrected chi connectivity index (χ4v) is 2.78. The van der Waals surface area contributed by atoms with Crippen molar-refractivity contribution in [3.05, 3.63) is 66.7 Å². The zero-order chi connectivity index (χ0) is 17.6. The molecule has 0 aliphatic heterocycles. The molecule has 1 aromatic carbocycles. The minimum atomic E-state index is -4.51. The van der Waals surface area contributed by atoms with Gasteiger partial charge in [-0.1, -0.05) is 0 Å². The standard InChI is InChI=1S/C17H12F3N5/c18-17(19,20)13-4-3-12(21)8-14(13)24-7-5-16-23-10-15(25(16)24)11-2-1-6-22-9-11/h1-10H,21H2. The van der Waals surface area contributed by atoms with E-state index in [1.807, 2.05) is 6.07 Å². The summed E-state index contributed by atoms with van der Waals surface area (Å²) in [6.07, 6.45) is 1.88. The fraction of sp³-hybridized carbons (Fsp3) is 0.0588. The van der Waals surface area contributed by atoms with Gasteiger partial charge in [-0.2, -0.15) is 13.2 Å². The highest BCUT2D eigenvalue weighted by atomic mass is 19.4. The first-order chi connectivity index (χ1) is 11.9. The van der Waals surface area contributed by atoms with Crippen molar-refractivity contribution in [2.24, 2.45) is 0 Å². The number of hydrogen-bond acceptors (Lipinski definition) is 3. The Morgan fingerprint density at radius 1 is 1.04 bits per heavy atom. The van der Waals surface area contributed by atoms with Gasteiger partial charge in [0.2, 0.25) is 0 Å². The van der Waals surface area contributed by atoms with Crippen LogP contribution in [0.4, 0.5) is 18.9 Å². The van der Waals surface area contributed by atoms with E-state index < -0.39 is 11.7 Å². The number of rotatable bonds is 2. The molecular formula is C17H12F3N5. The van der Waals surface area contributed by atoms with Gasteiger partial charge >= 0.3 is 6.18 Å². The Morgan fingerprint density at radius 3 is 2.60 bits per heavy atom. The number of hydrogen-bond donors (Lipinski definition) is 1. The molecular weight excluding hydrogens is 331 g/mol. The van der Waals surface area contributed by atoms with Gasteiger partial charge in [0, 0.05) is 35.9 Å². The number of alkyl halides is 3. The summed E-state index contributed by atoms with van der Waals surface area (Å²) in [4.78, 5) is 8.31. The molecule has 0 saturated carbocycles. The Morgan fingerprint density at radius 2 is 1.88 bits per heavy atom. The lowest BCUT2D eigenvalue weighted by Gasteiger charge is -2.16. The Balaban J connectivity index is 2.01. The lowest BCUT2D eigenvalue weighted by Crippen LogP contribution is -2.13. The van der Waals surface area contributed by atoms with Crippen molar-refractivity contribution in [2.75, 3.05) is 5.73 Å². The van der Waals surface area contributed by atoms with Gasteiger partial charge < -0.3 is 5.73 Å². The predicted octanol–water partition coefficient (Wildman–Crippen LogP) is 3.79. The molecule has 5 nitrogen and oxygen atoms in total. The maximum Gasteiger partial charge on any atom is 0.418 e. The number of nitrogen functional groups attached to an aromatic ring is 1. The van der Waals surface area contributed by atoms with Crippen LogP contribution in [0.1, 0.15) is 5.56 Å². The Bertz CT molecular complexity index is 1050. The van der Waals surface area contributed by atoms with Crippen molar-refractivity contribution in [3.63, 3.8) is 0 Å². The number of fused-ring (bicyclic) bond motifs is 1. The minimum absolute atomic E-state index is 0.0642. The molecule has 0 amide bonds. The van der Waals surface area contributed by atoms with E-state index in [0.29, 0.717) is 11.3 Å². The van der Waals surface area contributed by atoms with Crippen molar-refractivity contribution in [3.8, 4) is 16.9 Å². The second-order valence-electron chi connectivity index (χ2n) is 5.49. The van der Waals surface area contributed by atoms with Gasteiger partial charge in [-0.3, -0.25) is 9.67 Å². The summed E-state index contributed by atoms with van der Waals surface area (Å²) >= 11 is 0. The van der Waals surface area contributed by atoms with E-state index in [2.05, 4.69) is 9.97 Å². The summed E-state index contributed by atoms with van der Waals surface area (Å²) in [7, 11) is 0. The molecule has 25 heavy (non-hydrogen) atoms. The third-order valence-electron chi connectivity index (χ3n) is 3.88. The van der Waals surface area contributed by atoms with Crippen LogP contribution in [0.15, 0.2) is 61.2 Å². The molecule has 0 spiro atoms. The lowest BCUT2D eigenvalue weighted by molar-refractivity contribution is -0.137. The van der Waals surface area contributed by atoms with Gasteiger partial charge in [-0.15, -0.1) is 0 Å². The van der Waals surface area contributed by atoms with Crippen LogP contribution in [-0.4, -0.2) is 19.2 Å². The summed E-state index contributed by atoms with van der Waals surface area (Å²) < 4.78 is 43.3. The van der Waals surface area contributed by atoms with Crippen LogP contribution >= 0.6 is 0 Å². The maximum atomic E-state index is 13.4. The molecule has 3 heterocycles. The Labute approximate surface area is 140 Å². The van der Waals surface area contributed by atoms with E-state index in [4.69, 9.17) is 5.73 Å². The summed E-state index contributed by atoms with van der Waals surface area (Å²) in [5, 5.41) is 0. The molecule has 0 unspecified atom stereocenters. The topological polar surface area (TPSA) is 61.1 Å². The Kier molecular flexibility index (Phi) is 3.28. The highest BCUT2D eigenvalue weighted by Gasteiger charge is 2.34. The van der Waals surface area contributed by atoms with Crippen molar-refractivity contribution < 1.29 is 13.2 Å². The first-order valence-corrected chi connectivity index (χ1v) is 7.38. The molecule has 0 radical (unpaired) electrons. The van der Waals surface area contributed by atoms with E-state index in [1.54, 1.807) is 35.2 Å². The molecule has 0 aliphatic carbocycles. The van der Waals surface area contributed by atoms with Crippen LogP contribution in [0.3, 0.4) is 0 Å². The number of pyridine rings is 1. The van der Waals surface area contributed by atoms with Crippen molar-refractivity contribution in [1.29, 1.82) is 0 Å². The quantitative estimate of drug-likeness (QED) is 0.563. The summed E-state index contributed by atoms with van der Waals surface area (Å²) in [5.41, 5.74) is 7.03. The van der Waals surface area contributed by atoms with E-state index >= 15 is 0 Å². The number of nitrogens with two attached hydrogens (primary N) is 1. The van der Waals surface area contributed by atoms with Crippen molar-refractivity contribution >= 4 is 11.3 Å². The number of anilines is 1. The van der Waals surface area contributed by atoms with E-state index in [1.165, 1.54) is 23.0 Å². The van der Waals surface area contributed by atoms with Gasteiger partial charge in [0.25, 0.3) is 0 Å². The first-order valence-electron chi connectivity index (χ1n) is 7.38. The van der Waals surface area contributed by atoms with E-state index in [0.717, 1.165) is 11.6 Å². The molecule has 2 N–H and O–H groups in total. The van der Waals surface area contributed by atoms with Gasteiger partial charge in [-0.25, -0.2) is 9.50 Å². The molecule has 4 rings (SSSR count). The van der Waals surface area contributed by atoms with Crippen LogP contribution in [0.5, 0.6) is 0 Å². The van der Waals surface area contributed by atoms with E-state index in [-0.39, 0.29) is 11.4 Å². The average Bonchev–Trinajstić information content (AvgIpc) is 3.16. The largest absolute Gasteiger partial charge is 0.418 e. The maximum absolute atomic E-state index is 13.4. The highest BCUT2D eigenvalue weighted by molar-refractivity contribution is 5.63. The molecule has 0 aliphatic rings. The number of nitrogens with zero attached hydrogens (tertiary/aromatic N) is 4. The van der Waals surface area contributed by atoms with Crippen molar-refractivity contribution in [2.45, 2.75) is 6.18 Å². The van der Waals surface area contributed by atoms with Crippen LogP contribution < -0.4 is 5.73 Å². The molecule has 4 aromatic rings. The molecule has 126 valence electrons. The smallest absolute Gasteiger partial charge is 0.399 e. The van der Waals surface area contributed by atoms with Gasteiger partial charge in [0.1, 0.15) is 0 Å². The van der Waals surface area contributed by atoms with Crippen LogP contribution in [0.25, 0.3) is 22.6 Å². The minimum Gasteiger partial charge on any atom is -0.399 e. The van der Waals surface area contributed by atoms with Crippen LogP contribution in [-0.2, 0) is 6.18 Å². The fourth-order valence-electron chi connectivity index (χ4n) is 2.78. The van der Waals surface area contributed by atoms with Crippen LogP contribution in [0.2, 0.25) is 0 Å². The summed E-state index contributed by atoms with van der Waals surface area (Å²) in [6, 6.07) is 8.74. The second kappa shape index (κ2) is 5.37. The SMILES string of the molecule is Nc1ccc(C(F)(F)F)c(-n2ccc3ncc(-c4cccnc4)n32)c1. The predicted molar refractivity (Wildman–Crippen MR) is 87.2 cm³/mol. The third-order valence-corrected chi connectivity index (χ3v) is 3.88. The number of aromatic nitrogens is 4. The molecule has 8 heteroatoms. The molecule has 0 saturated heterocycles. The van der Waals surface area contributed by atoms with Gasteiger partial charge in [0.15, 0.2) is 5.65 Å². The van der Waals surface area contributed by atoms with Crippen LogP contribution in [0, 0.1) is 0 Å². The number of imidazole rings is 1. The summed E-state index contributed by atoms with van der Waals surface area (Å²) in [5.74, 6) is 0. The highest BCUT2D eigenvalue weighted by Crippen LogP contribution is 2.35. The summed E-state index contributed by atoms with van der Waals surface area (Å²) in [6.45, 7) is 0. The number of halogens is 3. The van der Waals surface area contributed by atoms with E-state index in [9.17, 15) is 13.2 Å². The second-order valence-corrected chi connectivity index (χ2v) is 5.49. The monoisotopic (exact) mass is 343 g/mol. The lowest BCUT2D eigenvalue weighted by atomic mass is 10.1.